The fourth-order valence-electron chi connectivity index (χ4n) is 6.12. The zero-order chi connectivity index (χ0) is 31.3. The van der Waals surface area contributed by atoms with Gasteiger partial charge in [0.1, 0.15) is 5.75 Å². The molecule has 0 aliphatic carbocycles. The van der Waals surface area contributed by atoms with Crippen molar-refractivity contribution in [2.24, 2.45) is 0 Å². The van der Waals surface area contributed by atoms with Gasteiger partial charge in [0.15, 0.2) is 0 Å². The molecule has 10 nitrogen and oxygen atoms in total. The second-order valence-electron chi connectivity index (χ2n) is 11.5. The minimum atomic E-state index is -0.708. The first-order valence-corrected chi connectivity index (χ1v) is 14.3. The molecule has 0 spiro atoms. The van der Waals surface area contributed by atoms with Gasteiger partial charge in [-0.05, 0) is 68.8 Å². The largest absolute Gasteiger partial charge is 0.426 e. The number of fused-ring (bicyclic) bond motifs is 3. The number of imide groups is 2. The molecule has 3 aliphatic heterocycles. The van der Waals surface area contributed by atoms with Gasteiger partial charge in [-0.25, -0.2) is 0 Å². The summed E-state index contributed by atoms with van der Waals surface area (Å²) in [5.74, 6) is -2.35. The maximum atomic E-state index is 13.6. The van der Waals surface area contributed by atoms with Gasteiger partial charge in [-0.2, -0.15) is 0 Å². The third kappa shape index (κ3) is 4.78. The molecule has 0 unspecified atom stereocenters. The van der Waals surface area contributed by atoms with Crippen LogP contribution < -0.4 is 9.64 Å². The number of allylic oxidation sites excluding steroid dienone is 1. The quantitative estimate of drug-likeness (QED) is 0.225. The number of benzene rings is 3. The lowest BCUT2D eigenvalue weighted by molar-refractivity contribution is -0.134. The summed E-state index contributed by atoms with van der Waals surface area (Å²) in [7, 11) is 0. The number of anilines is 1. The van der Waals surface area contributed by atoms with Crippen LogP contribution >= 0.6 is 0 Å². The normalized spacial score (nSPS) is 16.5. The summed E-state index contributed by atoms with van der Waals surface area (Å²) < 4.78 is 5.55. The van der Waals surface area contributed by atoms with Crippen LogP contribution in [0.1, 0.15) is 80.6 Å². The zero-order valence-electron chi connectivity index (χ0n) is 24.5. The van der Waals surface area contributed by atoms with E-state index in [2.05, 4.69) is 0 Å². The van der Waals surface area contributed by atoms with E-state index in [1.165, 1.54) is 0 Å². The Morgan fingerprint density at radius 3 is 1.66 bits per heavy atom. The summed E-state index contributed by atoms with van der Waals surface area (Å²) in [6, 6.07) is 18.1. The van der Waals surface area contributed by atoms with Crippen molar-refractivity contribution in [3.63, 3.8) is 0 Å². The van der Waals surface area contributed by atoms with Gasteiger partial charge in [0, 0.05) is 25.1 Å². The Hall–Kier alpha value is -5.38. The van der Waals surface area contributed by atoms with Gasteiger partial charge in [-0.1, -0.05) is 30.3 Å². The summed E-state index contributed by atoms with van der Waals surface area (Å²) in [5.41, 5.74) is 2.74. The van der Waals surface area contributed by atoms with E-state index in [4.69, 9.17) is 4.74 Å². The van der Waals surface area contributed by atoms with Crippen LogP contribution in [-0.4, -0.2) is 63.9 Å². The highest BCUT2D eigenvalue weighted by Crippen LogP contribution is 2.41. The summed E-state index contributed by atoms with van der Waals surface area (Å²) >= 11 is 0. The lowest BCUT2D eigenvalue weighted by atomic mass is 9.88. The van der Waals surface area contributed by atoms with Gasteiger partial charge in [-0.3, -0.25) is 38.6 Å². The minimum absolute atomic E-state index is 0.0570. The Balaban J connectivity index is 1.13. The van der Waals surface area contributed by atoms with Crippen LogP contribution in [0.2, 0.25) is 0 Å². The fourth-order valence-corrected chi connectivity index (χ4v) is 6.12. The fraction of sp³-hybridized carbons (Fsp3) is 0.235. The number of carbonyl (C=O) groups excluding carboxylic acids is 6. The Morgan fingerprint density at radius 2 is 1.16 bits per heavy atom. The van der Waals surface area contributed by atoms with Crippen molar-refractivity contribution < 1.29 is 33.5 Å². The van der Waals surface area contributed by atoms with Gasteiger partial charge in [0.05, 0.1) is 39.9 Å². The van der Waals surface area contributed by atoms with Crippen molar-refractivity contribution in [2.45, 2.75) is 39.2 Å². The van der Waals surface area contributed by atoms with Crippen LogP contribution in [0, 0.1) is 0 Å². The molecule has 222 valence electrons. The molecule has 5 amide bonds. The van der Waals surface area contributed by atoms with Crippen LogP contribution in [0.4, 0.5) is 5.69 Å². The monoisotopic (exact) mass is 591 g/mol. The highest BCUT2D eigenvalue weighted by atomic mass is 16.5. The van der Waals surface area contributed by atoms with Crippen LogP contribution in [0.25, 0.3) is 5.57 Å². The lowest BCUT2D eigenvalue weighted by Gasteiger charge is -2.42. The van der Waals surface area contributed by atoms with Crippen molar-refractivity contribution in [1.82, 2.24) is 9.80 Å². The molecule has 0 bridgehead atoms. The van der Waals surface area contributed by atoms with Crippen molar-refractivity contribution >= 4 is 46.8 Å². The molecule has 0 saturated carbocycles. The molecule has 3 aromatic carbocycles. The molecule has 0 fully saturated rings. The predicted molar refractivity (Wildman–Crippen MR) is 160 cm³/mol. The smallest absolute Gasteiger partial charge is 0.312 e. The van der Waals surface area contributed by atoms with Crippen LogP contribution in [0.5, 0.6) is 5.75 Å². The maximum absolute atomic E-state index is 13.6. The van der Waals surface area contributed by atoms with Crippen LogP contribution in [0.15, 0.2) is 72.8 Å². The number of rotatable bonds is 7. The van der Waals surface area contributed by atoms with E-state index in [1.807, 2.05) is 26.8 Å². The summed E-state index contributed by atoms with van der Waals surface area (Å²) in [6.45, 7) is 5.52. The van der Waals surface area contributed by atoms with Crippen molar-refractivity contribution in [3.05, 3.63) is 101 Å². The topological polar surface area (TPSA) is 121 Å². The Labute approximate surface area is 253 Å². The van der Waals surface area contributed by atoms with E-state index in [0.717, 1.165) is 15.4 Å². The highest BCUT2D eigenvalue weighted by molar-refractivity contribution is 6.22. The van der Waals surface area contributed by atoms with E-state index in [9.17, 15) is 28.8 Å². The Kier molecular flexibility index (Phi) is 6.99. The maximum Gasteiger partial charge on any atom is 0.312 e. The average molecular weight is 592 g/mol. The number of amides is 5. The molecule has 0 atom stereocenters. The number of carbonyl (C=O) groups is 6. The van der Waals surface area contributed by atoms with Gasteiger partial charge in [0.25, 0.3) is 23.6 Å². The number of esters is 1. The predicted octanol–water partition coefficient (Wildman–Crippen LogP) is 4.49. The third-order valence-electron chi connectivity index (χ3n) is 8.11. The van der Waals surface area contributed by atoms with Gasteiger partial charge in [0.2, 0.25) is 5.91 Å². The first-order valence-electron chi connectivity index (χ1n) is 14.3. The molecule has 3 aromatic rings. The molecule has 10 heteroatoms. The zero-order valence-corrected chi connectivity index (χ0v) is 24.5. The first-order chi connectivity index (χ1) is 21.0. The number of hydrogen-bond donors (Lipinski definition) is 0. The van der Waals surface area contributed by atoms with Gasteiger partial charge >= 0.3 is 5.97 Å². The van der Waals surface area contributed by atoms with Crippen LogP contribution in [-0.2, 0) is 9.59 Å². The van der Waals surface area contributed by atoms with E-state index in [-0.39, 0.29) is 37.6 Å². The van der Waals surface area contributed by atoms with E-state index >= 15 is 0 Å². The summed E-state index contributed by atoms with van der Waals surface area (Å²) in [4.78, 5) is 80.9. The van der Waals surface area contributed by atoms with E-state index in [1.54, 1.807) is 71.6 Å². The molecule has 0 aromatic heterocycles. The molecule has 3 aliphatic rings. The van der Waals surface area contributed by atoms with Crippen molar-refractivity contribution in [1.29, 1.82) is 0 Å². The van der Waals surface area contributed by atoms with E-state index < -0.39 is 35.1 Å². The molecule has 0 N–H and O–H groups in total. The second-order valence-corrected chi connectivity index (χ2v) is 11.5. The average Bonchev–Trinajstić information content (AvgIpc) is 3.38. The van der Waals surface area contributed by atoms with Gasteiger partial charge < -0.3 is 9.64 Å². The number of ether oxygens (including phenoxy) is 1. The summed E-state index contributed by atoms with van der Waals surface area (Å²) in [5, 5.41) is 0. The molecule has 0 radical (unpaired) electrons. The number of hydrogen-bond acceptors (Lipinski definition) is 7. The second kappa shape index (κ2) is 10.7. The molecular weight excluding hydrogens is 562 g/mol. The third-order valence-corrected chi connectivity index (χ3v) is 8.11. The molecule has 6 rings (SSSR count). The standard InChI is InChI=1S/C34H29N3O7/c1-20-19-34(2,3)37(28(38)14-16-35-30(40)22-8-4-5-9-23(22)31(35)41)27-13-12-21(18-26(20)27)44-29(39)15-17-36-32(42)24-10-6-7-11-25(24)33(36)43/h4-13,18-19H,14-17H2,1-3H3. The Bertz CT molecular complexity index is 1750. The van der Waals surface area contributed by atoms with Crippen LogP contribution in [0.3, 0.4) is 0 Å². The number of nitrogens with zero attached hydrogens (tertiary/aromatic N) is 3. The lowest BCUT2D eigenvalue weighted by Crippen LogP contribution is -2.49. The highest BCUT2D eigenvalue weighted by Gasteiger charge is 2.39. The minimum Gasteiger partial charge on any atom is -0.426 e. The van der Waals surface area contributed by atoms with Gasteiger partial charge in [-0.15, -0.1) is 0 Å². The van der Waals surface area contributed by atoms with Crippen molar-refractivity contribution in [2.75, 3.05) is 18.0 Å². The molecule has 44 heavy (non-hydrogen) atoms. The molecule has 3 heterocycles. The summed E-state index contributed by atoms with van der Waals surface area (Å²) in [6.07, 6.45) is 1.67. The molecule has 0 saturated heterocycles. The first kappa shape index (κ1) is 28.7. The van der Waals surface area contributed by atoms with E-state index in [0.29, 0.717) is 33.5 Å². The Morgan fingerprint density at radius 1 is 0.682 bits per heavy atom. The molecular formula is C34H29N3O7. The van der Waals surface area contributed by atoms with Crippen molar-refractivity contribution in [3.8, 4) is 5.75 Å². The SMILES string of the molecule is CC1=CC(C)(C)N(C(=O)CCN2C(=O)c3ccccc3C2=O)c2ccc(OC(=O)CCN3C(=O)c4ccccc4C3=O)cc21.